The quantitative estimate of drug-likeness (QED) is 0.406. The minimum Gasteiger partial charge on any atom is -0.466 e. The number of nitrogens with zero attached hydrogens (tertiary/aromatic N) is 3. The van der Waals surface area contributed by atoms with Crippen LogP contribution in [0.15, 0.2) is 34.5 Å². The molecule has 2 saturated heterocycles. The average Bonchev–Trinajstić information content (AvgIpc) is 3.39. The van der Waals surface area contributed by atoms with E-state index in [9.17, 15) is 14.4 Å². The van der Waals surface area contributed by atoms with Gasteiger partial charge in [-0.15, -0.1) is 23.1 Å². The van der Waals surface area contributed by atoms with Crippen LogP contribution in [0.4, 0.5) is 0 Å². The summed E-state index contributed by atoms with van der Waals surface area (Å²) in [7, 11) is 0. The predicted molar refractivity (Wildman–Crippen MR) is 138 cm³/mol. The third-order valence-electron chi connectivity index (χ3n) is 6.85. The molecule has 0 N–H and O–H groups in total. The fourth-order valence-corrected chi connectivity index (χ4v) is 6.09. The lowest BCUT2D eigenvalue weighted by Crippen LogP contribution is -2.40. The van der Waals surface area contributed by atoms with Crippen molar-refractivity contribution in [1.82, 2.24) is 14.8 Å². The Hall–Kier alpha value is -2.39. The summed E-state index contributed by atoms with van der Waals surface area (Å²) in [6, 6.07) is 8.18. The highest BCUT2D eigenvalue weighted by Gasteiger charge is 2.31. The van der Waals surface area contributed by atoms with Gasteiger partial charge in [0.1, 0.15) is 5.69 Å². The average molecular weight is 516 g/mol. The van der Waals surface area contributed by atoms with Crippen molar-refractivity contribution in [2.24, 2.45) is 5.92 Å². The number of hydrogen-bond acceptors (Lipinski definition) is 7. The smallest absolute Gasteiger partial charge is 0.309 e. The molecule has 3 heterocycles. The van der Waals surface area contributed by atoms with Crippen molar-refractivity contribution < 1.29 is 19.1 Å². The van der Waals surface area contributed by atoms with E-state index in [4.69, 9.17) is 4.74 Å². The Morgan fingerprint density at radius 1 is 1.03 bits per heavy atom. The van der Waals surface area contributed by atoms with Gasteiger partial charge in [0.25, 0.3) is 5.91 Å². The highest BCUT2D eigenvalue weighted by Crippen LogP contribution is 2.31. The molecule has 7 nitrogen and oxygen atoms in total. The SMILES string of the molecule is CCOC(=O)C1CCN(C(=O)c2csc(C3CCN(C(=O)Cc4ccc(SC)cc4)CC3)n2)CC1. The maximum Gasteiger partial charge on any atom is 0.309 e. The molecule has 0 radical (unpaired) electrons. The molecule has 2 aromatic rings. The number of hydrogen-bond donors (Lipinski definition) is 0. The van der Waals surface area contributed by atoms with Crippen LogP contribution in [-0.2, 0) is 20.7 Å². The number of benzene rings is 1. The van der Waals surface area contributed by atoms with E-state index in [1.165, 1.54) is 16.2 Å². The second kappa shape index (κ2) is 12.0. The van der Waals surface area contributed by atoms with Crippen LogP contribution in [-0.4, -0.2) is 71.6 Å². The molecule has 1 aromatic carbocycles. The van der Waals surface area contributed by atoms with E-state index in [2.05, 4.69) is 17.1 Å². The number of rotatable bonds is 7. The third kappa shape index (κ3) is 6.44. The van der Waals surface area contributed by atoms with Crippen LogP contribution in [0, 0.1) is 5.92 Å². The molecular weight excluding hydrogens is 482 g/mol. The van der Waals surface area contributed by atoms with Crippen LogP contribution in [0.25, 0.3) is 0 Å². The maximum absolute atomic E-state index is 13.0. The molecule has 2 aliphatic rings. The molecule has 0 unspecified atom stereocenters. The molecular formula is C26H33N3O4S2. The lowest BCUT2D eigenvalue weighted by atomic mass is 9.96. The van der Waals surface area contributed by atoms with Crippen LogP contribution in [0.3, 0.4) is 0 Å². The van der Waals surface area contributed by atoms with Gasteiger partial charge in [-0.1, -0.05) is 12.1 Å². The van der Waals surface area contributed by atoms with Gasteiger partial charge in [0.15, 0.2) is 0 Å². The van der Waals surface area contributed by atoms with Crippen LogP contribution < -0.4 is 0 Å². The molecule has 2 aliphatic heterocycles. The highest BCUT2D eigenvalue weighted by molar-refractivity contribution is 7.98. The van der Waals surface area contributed by atoms with Crippen LogP contribution in [0.1, 0.15) is 59.6 Å². The molecule has 35 heavy (non-hydrogen) atoms. The van der Waals surface area contributed by atoms with Gasteiger partial charge in [0.2, 0.25) is 5.91 Å². The molecule has 0 saturated carbocycles. The van der Waals surface area contributed by atoms with Gasteiger partial charge in [-0.25, -0.2) is 4.98 Å². The summed E-state index contributed by atoms with van der Waals surface area (Å²) in [5.74, 6) is 0.110. The zero-order chi connectivity index (χ0) is 24.8. The first-order valence-corrected chi connectivity index (χ1v) is 14.4. The van der Waals surface area contributed by atoms with Crippen molar-refractivity contribution >= 4 is 40.9 Å². The summed E-state index contributed by atoms with van der Waals surface area (Å²) >= 11 is 3.23. The van der Waals surface area contributed by atoms with Crippen LogP contribution in [0.2, 0.25) is 0 Å². The summed E-state index contributed by atoms with van der Waals surface area (Å²) < 4.78 is 5.11. The summed E-state index contributed by atoms with van der Waals surface area (Å²) in [6.45, 7) is 4.74. The summed E-state index contributed by atoms with van der Waals surface area (Å²) in [6.07, 6.45) is 5.47. The van der Waals surface area contributed by atoms with Gasteiger partial charge >= 0.3 is 5.97 Å². The number of aromatic nitrogens is 1. The third-order valence-corrected chi connectivity index (χ3v) is 8.61. The van der Waals surface area contributed by atoms with E-state index in [0.717, 1.165) is 36.5 Å². The van der Waals surface area contributed by atoms with E-state index in [1.54, 1.807) is 16.7 Å². The van der Waals surface area contributed by atoms with E-state index in [0.29, 0.717) is 44.7 Å². The van der Waals surface area contributed by atoms with E-state index >= 15 is 0 Å². The summed E-state index contributed by atoms with van der Waals surface area (Å²) in [5.41, 5.74) is 1.54. The first-order valence-electron chi connectivity index (χ1n) is 12.3. The normalized spacial score (nSPS) is 17.4. The first kappa shape index (κ1) is 25.7. The number of thioether (sulfide) groups is 1. The van der Waals surface area contributed by atoms with Crippen molar-refractivity contribution in [2.45, 2.75) is 49.8 Å². The lowest BCUT2D eigenvalue weighted by Gasteiger charge is -2.31. The van der Waals surface area contributed by atoms with Gasteiger partial charge in [-0.3, -0.25) is 14.4 Å². The Kier molecular flexibility index (Phi) is 8.83. The van der Waals surface area contributed by atoms with E-state index < -0.39 is 0 Å². The van der Waals surface area contributed by atoms with Crippen molar-refractivity contribution in [1.29, 1.82) is 0 Å². The van der Waals surface area contributed by atoms with Gasteiger partial charge < -0.3 is 14.5 Å². The number of esters is 1. The van der Waals surface area contributed by atoms with Gasteiger partial charge in [0.05, 0.1) is 24.0 Å². The minimum absolute atomic E-state index is 0.0603. The maximum atomic E-state index is 13.0. The Morgan fingerprint density at radius 2 is 1.69 bits per heavy atom. The number of amides is 2. The standard InChI is InChI=1S/C26H33N3O4S2/c1-3-33-26(32)20-10-14-29(15-11-20)25(31)22-17-35-24(27-22)19-8-12-28(13-9-19)23(30)16-18-4-6-21(34-2)7-5-18/h4-7,17,19-20H,3,8-16H2,1-2H3. The monoisotopic (exact) mass is 515 g/mol. The second-order valence-corrected chi connectivity index (χ2v) is 10.8. The number of thiazole rings is 1. The van der Waals surface area contributed by atoms with Crippen molar-refractivity contribution in [3.8, 4) is 0 Å². The zero-order valence-corrected chi connectivity index (χ0v) is 22.0. The molecule has 0 spiro atoms. The first-order chi connectivity index (χ1) is 17.0. The molecule has 188 valence electrons. The molecule has 0 aliphatic carbocycles. The topological polar surface area (TPSA) is 79.8 Å². The summed E-state index contributed by atoms with van der Waals surface area (Å²) in [4.78, 5) is 47.3. The molecule has 2 fully saturated rings. The minimum atomic E-state index is -0.158. The summed E-state index contributed by atoms with van der Waals surface area (Å²) in [5, 5.41) is 2.83. The van der Waals surface area contributed by atoms with Crippen LogP contribution >= 0.6 is 23.1 Å². The molecule has 9 heteroatoms. The molecule has 1 aromatic heterocycles. The number of piperidine rings is 2. The number of ether oxygens (including phenoxy) is 1. The van der Waals surface area contributed by atoms with E-state index in [-0.39, 0.29) is 29.6 Å². The predicted octanol–water partition coefficient (Wildman–Crippen LogP) is 4.23. The zero-order valence-electron chi connectivity index (χ0n) is 20.4. The number of carbonyl (C=O) groups excluding carboxylic acids is 3. The van der Waals surface area contributed by atoms with Gasteiger partial charge in [-0.2, -0.15) is 0 Å². The van der Waals surface area contributed by atoms with Crippen molar-refractivity contribution in [3.63, 3.8) is 0 Å². The van der Waals surface area contributed by atoms with Gasteiger partial charge in [-0.05, 0) is 56.6 Å². The second-order valence-electron chi connectivity index (χ2n) is 9.07. The van der Waals surface area contributed by atoms with Crippen LogP contribution in [0.5, 0.6) is 0 Å². The largest absolute Gasteiger partial charge is 0.466 e. The Bertz CT molecular complexity index is 1020. The lowest BCUT2D eigenvalue weighted by molar-refractivity contribution is -0.149. The Labute approximate surface area is 215 Å². The highest BCUT2D eigenvalue weighted by atomic mass is 32.2. The number of carbonyl (C=O) groups is 3. The molecule has 0 atom stereocenters. The Balaban J connectivity index is 1.25. The molecule has 2 amide bonds. The molecule has 4 rings (SSSR count). The Morgan fingerprint density at radius 3 is 2.31 bits per heavy atom. The van der Waals surface area contributed by atoms with Gasteiger partial charge in [0, 0.05) is 42.4 Å². The van der Waals surface area contributed by atoms with Crippen molar-refractivity contribution in [2.75, 3.05) is 39.0 Å². The fourth-order valence-electron chi connectivity index (χ4n) is 4.72. The fraction of sp³-hybridized carbons (Fsp3) is 0.538. The van der Waals surface area contributed by atoms with Crippen molar-refractivity contribution in [3.05, 3.63) is 45.9 Å². The molecule has 0 bridgehead atoms. The van der Waals surface area contributed by atoms with E-state index in [1.807, 2.05) is 35.6 Å². The number of likely N-dealkylation sites (tertiary alicyclic amines) is 2.